The summed E-state index contributed by atoms with van der Waals surface area (Å²) in [6.45, 7) is 11.2. The number of aryl methyl sites for hydroxylation is 2. The highest BCUT2D eigenvalue weighted by Crippen LogP contribution is 2.18. The van der Waals surface area contributed by atoms with Crippen LogP contribution in [0.25, 0.3) is 11.3 Å². The van der Waals surface area contributed by atoms with Crippen molar-refractivity contribution < 1.29 is 23.8 Å². The van der Waals surface area contributed by atoms with Crippen LogP contribution in [-0.2, 0) is 19.0 Å². The van der Waals surface area contributed by atoms with Gasteiger partial charge in [0, 0.05) is 75.7 Å². The van der Waals surface area contributed by atoms with Crippen molar-refractivity contribution in [2.75, 3.05) is 84.7 Å². The lowest BCUT2D eigenvalue weighted by Gasteiger charge is -2.26. The van der Waals surface area contributed by atoms with Crippen molar-refractivity contribution in [1.29, 1.82) is 0 Å². The van der Waals surface area contributed by atoms with Crippen molar-refractivity contribution in [1.82, 2.24) is 30.2 Å². The van der Waals surface area contributed by atoms with Gasteiger partial charge in [0.1, 0.15) is 5.65 Å². The minimum Gasteiger partial charge on any atom is -0.387 e. The Labute approximate surface area is 259 Å². The van der Waals surface area contributed by atoms with Gasteiger partial charge < -0.3 is 39.9 Å². The molecule has 0 atom stereocenters. The number of fused-ring (bicyclic) bond motifs is 1. The number of morpholine rings is 1. The Morgan fingerprint density at radius 1 is 1.00 bits per heavy atom. The molecule has 44 heavy (non-hydrogen) atoms. The highest BCUT2D eigenvalue weighted by atomic mass is 16.5. The second-order valence-electron chi connectivity index (χ2n) is 10.5. The molecule has 1 aliphatic heterocycles. The molecule has 0 spiro atoms. The maximum atomic E-state index is 13.0. The Morgan fingerprint density at radius 3 is 2.50 bits per heavy atom. The summed E-state index contributed by atoms with van der Waals surface area (Å²) in [6, 6.07) is 11.4. The zero-order valence-electron chi connectivity index (χ0n) is 26.0. The summed E-state index contributed by atoms with van der Waals surface area (Å²) in [5.74, 6) is -0.196. The van der Waals surface area contributed by atoms with Gasteiger partial charge in [-0.1, -0.05) is 12.1 Å². The molecule has 4 rings (SSSR count). The summed E-state index contributed by atoms with van der Waals surface area (Å²) in [6.07, 6.45) is 4.11. The minimum absolute atomic E-state index is 0.00316. The molecule has 0 saturated carbocycles. The van der Waals surface area contributed by atoms with Gasteiger partial charge in [0.15, 0.2) is 0 Å². The van der Waals surface area contributed by atoms with Crippen LogP contribution < -0.4 is 21.3 Å². The predicted octanol–water partition coefficient (Wildman–Crippen LogP) is 2.18. The number of rotatable bonds is 17. The quantitative estimate of drug-likeness (QED) is 0.171. The van der Waals surface area contributed by atoms with Gasteiger partial charge in [0.2, 0.25) is 5.91 Å². The fraction of sp³-hybridized carbons (Fsp3) is 0.469. The van der Waals surface area contributed by atoms with E-state index in [0.29, 0.717) is 62.8 Å². The van der Waals surface area contributed by atoms with E-state index in [9.17, 15) is 9.59 Å². The Bertz CT molecular complexity index is 1380. The van der Waals surface area contributed by atoms with Crippen molar-refractivity contribution >= 4 is 28.8 Å². The lowest BCUT2D eigenvalue weighted by molar-refractivity contribution is -0.122. The number of nitrogens with zero attached hydrogens (tertiary/aromatic N) is 3. The standard InChI is InChI=1S/C32H45N7O5/c1-24-22-25(2)39-12-8-28(31(39)36-24)32(41)37-27-6-4-26(5-7-27)29(33-3)23-34-11-17-43-21-20-42-16-9-30(40)35-10-13-38-14-18-44-19-15-38/h4-8,12,22-23,33-34H,9-11,13-21H2,1-3H3,(H,35,40)(H,37,41)/b29-23-. The summed E-state index contributed by atoms with van der Waals surface area (Å²) in [5.41, 5.74) is 5.66. The van der Waals surface area contributed by atoms with Crippen LogP contribution in [0, 0.1) is 13.8 Å². The van der Waals surface area contributed by atoms with Crippen molar-refractivity contribution in [3.8, 4) is 0 Å². The van der Waals surface area contributed by atoms with Crippen molar-refractivity contribution in [2.24, 2.45) is 0 Å². The van der Waals surface area contributed by atoms with E-state index in [2.05, 4.69) is 31.2 Å². The van der Waals surface area contributed by atoms with Gasteiger partial charge in [-0.25, -0.2) is 4.98 Å². The second-order valence-corrected chi connectivity index (χ2v) is 10.5. The number of amides is 2. The molecule has 12 nitrogen and oxygen atoms in total. The number of aromatic nitrogens is 2. The van der Waals surface area contributed by atoms with Gasteiger partial charge >= 0.3 is 0 Å². The molecule has 3 heterocycles. The molecule has 0 unspecified atom stereocenters. The van der Waals surface area contributed by atoms with E-state index in [1.165, 1.54) is 0 Å². The fourth-order valence-electron chi connectivity index (χ4n) is 4.86. The first-order valence-corrected chi connectivity index (χ1v) is 15.2. The van der Waals surface area contributed by atoms with E-state index >= 15 is 0 Å². The topological polar surface area (TPSA) is 130 Å². The lowest BCUT2D eigenvalue weighted by atomic mass is 10.1. The molecule has 4 N–H and O–H groups in total. The first kappa shape index (κ1) is 32.9. The number of anilines is 1. The van der Waals surface area contributed by atoms with Crippen LogP contribution in [0.5, 0.6) is 0 Å². The van der Waals surface area contributed by atoms with E-state index in [1.807, 2.05) is 68.0 Å². The van der Waals surface area contributed by atoms with Crippen molar-refractivity contribution in [3.63, 3.8) is 0 Å². The summed E-state index contributed by atoms with van der Waals surface area (Å²) >= 11 is 0. The Kier molecular flexibility index (Phi) is 13.0. The van der Waals surface area contributed by atoms with Gasteiger partial charge in [-0.05, 0) is 43.7 Å². The zero-order chi connectivity index (χ0) is 31.1. The Balaban J connectivity index is 1.08. The first-order chi connectivity index (χ1) is 21.4. The number of hydrogen-bond donors (Lipinski definition) is 4. The molecular weight excluding hydrogens is 562 g/mol. The molecule has 1 fully saturated rings. The molecule has 2 aromatic heterocycles. The first-order valence-electron chi connectivity index (χ1n) is 15.2. The molecule has 2 amide bonds. The molecule has 3 aromatic rings. The highest BCUT2D eigenvalue weighted by molar-refractivity contribution is 6.08. The van der Waals surface area contributed by atoms with Crippen molar-refractivity contribution in [3.05, 3.63) is 71.3 Å². The Morgan fingerprint density at radius 2 is 1.75 bits per heavy atom. The van der Waals surface area contributed by atoms with Crippen LogP contribution in [0.15, 0.2) is 48.8 Å². The van der Waals surface area contributed by atoms with Gasteiger partial charge in [-0.15, -0.1) is 0 Å². The fourth-order valence-corrected chi connectivity index (χ4v) is 4.86. The van der Waals surface area contributed by atoms with E-state index in [4.69, 9.17) is 14.2 Å². The minimum atomic E-state index is -0.199. The van der Waals surface area contributed by atoms with Crippen LogP contribution in [0.2, 0.25) is 0 Å². The third-order valence-electron chi connectivity index (χ3n) is 7.24. The third kappa shape index (κ3) is 10.1. The number of carbonyl (C=O) groups excluding carboxylic acids is 2. The maximum absolute atomic E-state index is 13.0. The summed E-state index contributed by atoms with van der Waals surface area (Å²) in [4.78, 5) is 31.7. The second kappa shape index (κ2) is 17.4. The molecule has 1 aliphatic rings. The lowest BCUT2D eigenvalue weighted by Crippen LogP contribution is -2.41. The molecule has 1 aromatic carbocycles. The number of benzene rings is 1. The molecule has 1 saturated heterocycles. The predicted molar refractivity (Wildman–Crippen MR) is 171 cm³/mol. The smallest absolute Gasteiger partial charge is 0.259 e. The van der Waals surface area contributed by atoms with Gasteiger partial charge in [-0.3, -0.25) is 14.5 Å². The summed E-state index contributed by atoms with van der Waals surface area (Å²) < 4.78 is 18.4. The van der Waals surface area contributed by atoms with E-state index in [1.54, 1.807) is 6.07 Å². The molecule has 0 bridgehead atoms. The monoisotopic (exact) mass is 607 g/mol. The number of hydrogen-bond acceptors (Lipinski definition) is 9. The van der Waals surface area contributed by atoms with Crippen LogP contribution in [0.3, 0.4) is 0 Å². The molecule has 0 radical (unpaired) electrons. The molecular formula is C32H45N7O5. The maximum Gasteiger partial charge on any atom is 0.259 e. The average molecular weight is 608 g/mol. The highest BCUT2D eigenvalue weighted by Gasteiger charge is 2.15. The molecule has 238 valence electrons. The van der Waals surface area contributed by atoms with Crippen LogP contribution in [0.4, 0.5) is 5.69 Å². The van der Waals surface area contributed by atoms with Crippen molar-refractivity contribution in [2.45, 2.75) is 20.3 Å². The van der Waals surface area contributed by atoms with E-state index < -0.39 is 0 Å². The van der Waals surface area contributed by atoms with Crippen LogP contribution in [-0.4, -0.2) is 106 Å². The van der Waals surface area contributed by atoms with Gasteiger partial charge in [0.25, 0.3) is 5.91 Å². The third-order valence-corrected chi connectivity index (χ3v) is 7.24. The summed E-state index contributed by atoms with van der Waals surface area (Å²) in [7, 11) is 1.86. The van der Waals surface area contributed by atoms with E-state index in [0.717, 1.165) is 55.5 Å². The zero-order valence-corrected chi connectivity index (χ0v) is 26.0. The number of ether oxygens (including phenoxy) is 3. The van der Waals surface area contributed by atoms with Crippen LogP contribution >= 0.6 is 0 Å². The Hall–Kier alpha value is -3.97. The largest absolute Gasteiger partial charge is 0.387 e. The van der Waals surface area contributed by atoms with Gasteiger partial charge in [-0.2, -0.15) is 0 Å². The number of carbonyl (C=O) groups is 2. The molecule has 0 aliphatic carbocycles. The molecule has 12 heteroatoms. The van der Waals surface area contributed by atoms with E-state index in [-0.39, 0.29) is 11.8 Å². The normalized spacial score (nSPS) is 14.0. The number of nitrogens with one attached hydrogen (secondary N) is 4. The summed E-state index contributed by atoms with van der Waals surface area (Å²) in [5, 5.41) is 12.4. The average Bonchev–Trinajstić information content (AvgIpc) is 3.45. The van der Waals surface area contributed by atoms with Crippen LogP contribution in [0.1, 0.15) is 33.7 Å². The van der Waals surface area contributed by atoms with Gasteiger partial charge in [0.05, 0.1) is 50.9 Å². The SMILES string of the molecule is CN/C(=C\NCCOCCOCCC(=O)NCCN1CCOCC1)c1ccc(NC(=O)c2ccn3c(C)cc(C)nc23)cc1.